The van der Waals surface area contributed by atoms with Crippen molar-refractivity contribution < 1.29 is 14.6 Å². The first-order valence-electron chi connectivity index (χ1n) is 8.99. The minimum atomic E-state index is -2.36. The lowest BCUT2D eigenvalue weighted by atomic mass is 10.2. The molecule has 0 fully saturated rings. The van der Waals surface area contributed by atoms with Crippen LogP contribution in [-0.2, 0) is 4.74 Å². The summed E-state index contributed by atoms with van der Waals surface area (Å²) in [6, 6.07) is 20.5. The van der Waals surface area contributed by atoms with Gasteiger partial charge in [-0.3, -0.25) is 0 Å². The van der Waals surface area contributed by atoms with Crippen LogP contribution in [0, 0.1) is 0 Å². The molecule has 0 aliphatic carbocycles. The molecule has 0 unspecified atom stereocenters. The lowest BCUT2D eigenvalue weighted by Gasteiger charge is -2.37. The molecule has 0 aliphatic rings. The third kappa shape index (κ3) is 4.96. The van der Waals surface area contributed by atoms with Gasteiger partial charge in [-0.05, 0) is 27.2 Å². The number of rotatable bonds is 6. The number of ether oxygens (including phenoxy) is 1. The Balaban J connectivity index is 2.45. The van der Waals surface area contributed by atoms with Gasteiger partial charge in [-0.25, -0.2) is 4.79 Å². The van der Waals surface area contributed by atoms with E-state index in [1.165, 1.54) is 10.4 Å². The highest BCUT2D eigenvalue weighted by Gasteiger charge is 2.41. The number of hydrogen-bond acceptors (Lipinski definition) is 3. The fraction of sp³-hybridized carbons (Fsp3) is 0.381. The monoisotopic (exact) mass is 371 g/mol. The highest BCUT2D eigenvalue weighted by atomic mass is 28.3. The molecule has 1 amide bonds. The molecular formula is C21H29NO3Si. The largest absolute Gasteiger partial charge is 0.444 e. The SMILES string of the molecule is CC(C)(C)OC(=O)N[C@@H](CCO)[Si](C)(c1ccccc1)c1ccccc1. The van der Waals surface area contributed by atoms with Gasteiger partial charge < -0.3 is 15.2 Å². The molecule has 0 radical (unpaired) electrons. The Bertz CT molecular complexity index is 659. The molecule has 2 rings (SSSR count). The van der Waals surface area contributed by atoms with Crippen LogP contribution in [-0.4, -0.2) is 37.1 Å². The van der Waals surface area contributed by atoms with Gasteiger partial charge in [0, 0.05) is 12.3 Å². The number of benzene rings is 2. The molecule has 4 nitrogen and oxygen atoms in total. The Morgan fingerprint density at radius 1 is 1.04 bits per heavy atom. The predicted octanol–water partition coefficient (Wildman–Crippen LogP) is 2.69. The van der Waals surface area contributed by atoms with Gasteiger partial charge in [0.1, 0.15) is 13.7 Å². The molecule has 0 spiro atoms. The summed E-state index contributed by atoms with van der Waals surface area (Å²) < 4.78 is 5.47. The summed E-state index contributed by atoms with van der Waals surface area (Å²) in [7, 11) is -2.36. The minimum absolute atomic E-state index is 0.00270. The summed E-state index contributed by atoms with van der Waals surface area (Å²) in [5.74, 6) is 0. The first kappa shape index (κ1) is 20.2. The van der Waals surface area contributed by atoms with Gasteiger partial charge in [0.2, 0.25) is 0 Å². The average molecular weight is 372 g/mol. The van der Waals surface area contributed by atoms with Gasteiger partial charge in [0.15, 0.2) is 0 Å². The van der Waals surface area contributed by atoms with E-state index in [2.05, 4.69) is 36.1 Å². The molecule has 5 heteroatoms. The summed E-state index contributed by atoms with van der Waals surface area (Å²) in [6.45, 7) is 7.77. The zero-order chi connectivity index (χ0) is 19.2. The normalized spacial score (nSPS) is 13.1. The molecule has 0 saturated carbocycles. The van der Waals surface area contributed by atoms with Gasteiger partial charge in [0.05, 0.1) is 0 Å². The Labute approximate surface area is 157 Å². The molecule has 0 bridgehead atoms. The van der Waals surface area contributed by atoms with Crippen LogP contribution in [0.1, 0.15) is 27.2 Å². The number of nitrogens with one attached hydrogen (secondary N) is 1. The van der Waals surface area contributed by atoms with Crippen molar-refractivity contribution in [2.45, 2.75) is 45.0 Å². The Hall–Kier alpha value is -2.11. The first-order valence-corrected chi connectivity index (χ1v) is 11.6. The standard InChI is InChI=1S/C21H29NO3Si/c1-21(2,3)25-20(24)22-19(15-16-23)26(4,17-11-7-5-8-12-17)18-13-9-6-10-14-18/h5-14,19,23H,15-16H2,1-4H3,(H,22,24)/t19-/m1/s1. The molecule has 0 aliphatic heterocycles. The molecule has 0 saturated heterocycles. The second-order valence-corrected chi connectivity index (χ2v) is 11.9. The molecule has 140 valence electrons. The quantitative estimate of drug-likeness (QED) is 0.768. The Morgan fingerprint density at radius 3 is 1.88 bits per heavy atom. The average Bonchev–Trinajstić information content (AvgIpc) is 2.60. The van der Waals surface area contributed by atoms with Crippen molar-refractivity contribution in [2.75, 3.05) is 6.61 Å². The molecule has 0 heterocycles. The lowest BCUT2D eigenvalue weighted by Crippen LogP contribution is -2.69. The number of aliphatic hydroxyl groups excluding tert-OH is 1. The van der Waals surface area contributed by atoms with E-state index >= 15 is 0 Å². The smallest absolute Gasteiger partial charge is 0.407 e. The molecule has 2 aromatic carbocycles. The van der Waals surface area contributed by atoms with Gasteiger partial charge in [0.25, 0.3) is 0 Å². The van der Waals surface area contributed by atoms with Crippen LogP contribution in [0.15, 0.2) is 60.7 Å². The number of hydrogen-bond donors (Lipinski definition) is 2. The van der Waals surface area contributed by atoms with Crippen molar-refractivity contribution in [2.24, 2.45) is 0 Å². The summed E-state index contributed by atoms with van der Waals surface area (Å²) >= 11 is 0. The van der Waals surface area contributed by atoms with Crippen molar-refractivity contribution in [1.29, 1.82) is 0 Å². The summed E-state index contributed by atoms with van der Waals surface area (Å²) in [5, 5.41) is 15.1. The van der Waals surface area contributed by atoms with Crippen LogP contribution in [0.4, 0.5) is 4.79 Å². The number of aliphatic hydroxyl groups is 1. The fourth-order valence-corrected chi connectivity index (χ4v) is 7.24. The lowest BCUT2D eigenvalue weighted by molar-refractivity contribution is 0.0514. The van der Waals surface area contributed by atoms with E-state index in [1.54, 1.807) is 0 Å². The molecular weight excluding hydrogens is 342 g/mol. The topological polar surface area (TPSA) is 58.6 Å². The Kier molecular flexibility index (Phi) is 6.61. The van der Waals surface area contributed by atoms with E-state index in [0.29, 0.717) is 6.42 Å². The predicted molar refractivity (Wildman–Crippen MR) is 109 cm³/mol. The van der Waals surface area contributed by atoms with Crippen LogP contribution < -0.4 is 15.7 Å². The van der Waals surface area contributed by atoms with Crippen LogP contribution in [0.5, 0.6) is 0 Å². The van der Waals surface area contributed by atoms with E-state index in [4.69, 9.17) is 4.74 Å². The number of alkyl carbamates (subject to hydrolysis) is 1. The van der Waals surface area contributed by atoms with Crippen molar-refractivity contribution in [1.82, 2.24) is 5.32 Å². The fourth-order valence-electron chi connectivity index (χ4n) is 3.22. The third-order valence-corrected chi connectivity index (χ3v) is 9.44. The summed E-state index contributed by atoms with van der Waals surface area (Å²) in [5.41, 5.74) is -0.752. The second kappa shape index (κ2) is 8.51. The first-order chi connectivity index (χ1) is 12.3. The van der Waals surface area contributed by atoms with E-state index in [1.807, 2.05) is 57.2 Å². The highest BCUT2D eigenvalue weighted by Crippen LogP contribution is 2.15. The number of carbonyl (C=O) groups is 1. The van der Waals surface area contributed by atoms with Crippen LogP contribution in [0.3, 0.4) is 0 Å². The minimum Gasteiger partial charge on any atom is -0.444 e. The van der Waals surface area contributed by atoms with Gasteiger partial charge in [-0.15, -0.1) is 0 Å². The van der Waals surface area contributed by atoms with Crippen molar-refractivity contribution in [3.05, 3.63) is 60.7 Å². The molecule has 2 N–H and O–H groups in total. The number of amides is 1. The zero-order valence-corrected chi connectivity index (χ0v) is 17.0. The Morgan fingerprint density at radius 2 is 1.50 bits per heavy atom. The summed E-state index contributed by atoms with van der Waals surface area (Å²) in [6.07, 6.45) is 0.0349. The van der Waals surface area contributed by atoms with E-state index in [0.717, 1.165) is 0 Å². The maximum absolute atomic E-state index is 12.5. The van der Waals surface area contributed by atoms with Gasteiger partial charge in [-0.1, -0.05) is 77.6 Å². The van der Waals surface area contributed by atoms with Crippen molar-refractivity contribution >= 4 is 24.5 Å². The van der Waals surface area contributed by atoms with Crippen molar-refractivity contribution in [3.63, 3.8) is 0 Å². The van der Waals surface area contributed by atoms with Crippen LogP contribution in [0.2, 0.25) is 6.55 Å². The molecule has 2 aromatic rings. The zero-order valence-electron chi connectivity index (χ0n) is 16.0. The highest BCUT2D eigenvalue weighted by molar-refractivity contribution is 7.02. The van der Waals surface area contributed by atoms with E-state index in [-0.39, 0.29) is 12.3 Å². The van der Waals surface area contributed by atoms with Crippen LogP contribution in [0.25, 0.3) is 0 Å². The van der Waals surface area contributed by atoms with E-state index < -0.39 is 19.8 Å². The molecule has 1 atom stereocenters. The molecule has 26 heavy (non-hydrogen) atoms. The summed E-state index contributed by atoms with van der Waals surface area (Å²) in [4.78, 5) is 12.5. The second-order valence-electron chi connectivity index (χ2n) is 7.65. The maximum Gasteiger partial charge on any atom is 0.407 e. The van der Waals surface area contributed by atoms with Crippen molar-refractivity contribution in [3.8, 4) is 0 Å². The van der Waals surface area contributed by atoms with Gasteiger partial charge >= 0.3 is 6.09 Å². The van der Waals surface area contributed by atoms with Gasteiger partial charge in [-0.2, -0.15) is 0 Å². The third-order valence-electron chi connectivity index (χ3n) is 4.55. The van der Waals surface area contributed by atoms with E-state index in [9.17, 15) is 9.90 Å². The number of carbonyl (C=O) groups excluding carboxylic acids is 1. The maximum atomic E-state index is 12.5. The van der Waals surface area contributed by atoms with Crippen LogP contribution >= 0.6 is 0 Å². The molecule has 0 aromatic heterocycles.